The summed E-state index contributed by atoms with van der Waals surface area (Å²) < 4.78 is 9.27. The molecule has 0 atom stereocenters. The molecule has 78 valence electrons. The Morgan fingerprint density at radius 3 is 3.14 bits per heavy atom. The maximum atomic E-state index is 10.7. The molecule has 6 nitrogen and oxygen atoms in total. The van der Waals surface area contributed by atoms with E-state index in [-0.39, 0.29) is 5.97 Å². The van der Waals surface area contributed by atoms with Crippen molar-refractivity contribution in [2.24, 2.45) is 0 Å². The van der Waals surface area contributed by atoms with Gasteiger partial charge in [0.15, 0.2) is 6.33 Å². The van der Waals surface area contributed by atoms with Crippen LogP contribution in [0.3, 0.4) is 0 Å². The Hall–Kier alpha value is -1.43. The van der Waals surface area contributed by atoms with Crippen LogP contribution in [0, 0.1) is 0 Å². The molecule has 0 fully saturated rings. The van der Waals surface area contributed by atoms with Crippen molar-refractivity contribution in [2.45, 2.75) is 12.8 Å². The Bertz CT molecular complexity index is 261. The third-order valence-corrected chi connectivity index (χ3v) is 1.66. The Morgan fingerprint density at radius 2 is 2.50 bits per heavy atom. The fourth-order valence-corrected chi connectivity index (χ4v) is 0.919. The first-order chi connectivity index (χ1) is 6.83. The highest BCUT2D eigenvalue weighted by molar-refractivity contribution is 5.69. The molecule has 0 spiro atoms. The monoisotopic (exact) mass is 199 g/mol. The molecule has 0 unspecified atom stereocenters. The van der Waals surface area contributed by atoms with Crippen molar-refractivity contribution in [2.75, 3.05) is 20.2 Å². The highest BCUT2D eigenvalue weighted by Gasteiger charge is 2.00. The molecule has 0 aromatic carbocycles. The number of esters is 1. The highest BCUT2D eigenvalue weighted by Crippen LogP contribution is 1.90. The Kier molecular flexibility index (Phi) is 4.63. The molecule has 1 aromatic rings. The number of hydrogen-bond acceptors (Lipinski definition) is 6. The van der Waals surface area contributed by atoms with E-state index in [4.69, 9.17) is 4.52 Å². The Balaban J connectivity index is 1.97. The molecule has 0 bridgehead atoms. The molecule has 0 aliphatic heterocycles. The number of nitrogens with zero attached hydrogens (tertiary/aromatic N) is 2. The molecule has 1 rings (SSSR count). The van der Waals surface area contributed by atoms with Gasteiger partial charge in [-0.1, -0.05) is 5.16 Å². The summed E-state index contributed by atoms with van der Waals surface area (Å²) in [5.41, 5.74) is 0. The van der Waals surface area contributed by atoms with E-state index in [1.165, 1.54) is 13.4 Å². The molecule has 0 aliphatic rings. The number of carbonyl (C=O) groups excluding carboxylic acids is 1. The van der Waals surface area contributed by atoms with E-state index in [0.29, 0.717) is 31.8 Å². The van der Waals surface area contributed by atoms with Crippen LogP contribution in [0.5, 0.6) is 0 Å². The van der Waals surface area contributed by atoms with Crippen LogP contribution in [0.1, 0.15) is 12.3 Å². The molecular formula is C8H13N3O3. The first-order valence-corrected chi connectivity index (χ1v) is 4.36. The summed E-state index contributed by atoms with van der Waals surface area (Å²) in [5, 5.41) is 6.53. The predicted molar refractivity (Wildman–Crippen MR) is 47.5 cm³/mol. The Morgan fingerprint density at radius 1 is 1.64 bits per heavy atom. The number of rotatable bonds is 6. The van der Waals surface area contributed by atoms with Crippen molar-refractivity contribution >= 4 is 5.97 Å². The number of nitrogens with one attached hydrogen (secondary N) is 1. The minimum absolute atomic E-state index is 0.213. The molecule has 1 heterocycles. The van der Waals surface area contributed by atoms with Gasteiger partial charge in [-0.25, -0.2) is 0 Å². The maximum absolute atomic E-state index is 10.7. The molecule has 1 aromatic heterocycles. The molecule has 6 heteroatoms. The highest BCUT2D eigenvalue weighted by atomic mass is 16.5. The van der Waals surface area contributed by atoms with Crippen molar-refractivity contribution in [3.8, 4) is 0 Å². The van der Waals surface area contributed by atoms with E-state index < -0.39 is 0 Å². The zero-order valence-electron chi connectivity index (χ0n) is 8.02. The first kappa shape index (κ1) is 10.6. The minimum Gasteiger partial charge on any atom is -0.469 e. The first-order valence-electron chi connectivity index (χ1n) is 4.36. The van der Waals surface area contributed by atoms with Crippen molar-refractivity contribution in [1.29, 1.82) is 0 Å². The lowest BCUT2D eigenvalue weighted by molar-refractivity contribution is -0.140. The minimum atomic E-state index is -0.213. The second-order valence-corrected chi connectivity index (χ2v) is 2.66. The van der Waals surface area contributed by atoms with E-state index in [9.17, 15) is 4.79 Å². The van der Waals surface area contributed by atoms with E-state index in [0.717, 1.165) is 0 Å². The van der Waals surface area contributed by atoms with Crippen LogP contribution in [0.4, 0.5) is 0 Å². The SMILES string of the molecule is COC(=O)CCNCCc1ncno1. The van der Waals surface area contributed by atoms with Crippen molar-refractivity contribution in [3.63, 3.8) is 0 Å². The van der Waals surface area contributed by atoms with E-state index in [1.807, 2.05) is 0 Å². The summed E-state index contributed by atoms with van der Waals surface area (Å²) >= 11 is 0. The van der Waals surface area contributed by atoms with Crippen LogP contribution in [0.2, 0.25) is 0 Å². The summed E-state index contributed by atoms with van der Waals surface area (Å²) in [7, 11) is 1.38. The molecule has 0 saturated carbocycles. The molecule has 0 amide bonds. The van der Waals surface area contributed by atoms with Gasteiger partial charge in [-0.05, 0) is 0 Å². The van der Waals surface area contributed by atoms with Gasteiger partial charge >= 0.3 is 5.97 Å². The predicted octanol–water partition coefficient (Wildman–Crippen LogP) is -0.235. The van der Waals surface area contributed by atoms with Gasteiger partial charge in [0.1, 0.15) is 0 Å². The number of ether oxygens (including phenoxy) is 1. The van der Waals surface area contributed by atoms with Gasteiger partial charge < -0.3 is 14.6 Å². The molecule has 0 radical (unpaired) electrons. The summed E-state index contributed by atoms with van der Waals surface area (Å²) in [5.74, 6) is 0.380. The van der Waals surface area contributed by atoms with Gasteiger partial charge in [0.2, 0.25) is 5.89 Å². The zero-order chi connectivity index (χ0) is 10.2. The molecule has 0 aliphatic carbocycles. The van der Waals surface area contributed by atoms with Crippen LogP contribution >= 0.6 is 0 Å². The maximum Gasteiger partial charge on any atom is 0.306 e. The third kappa shape index (κ3) is 3.99. The standard InChI is InChI=1S/C8H13N3O3/c1-13-8(12)3-5-9-4-2-7-10-6-11-14-7/h6,9H,2-5H2,1H3. The topological polar surface area (TPSA) is 77.2 Å². The largest absolute Gasteiger partial charge is 0.469 e. The van der Waals surface area contributed by atoms with E-state index in [2.05, 4.69) is 20.2 Å². The van der Waals surface area contributed by atoms with Crippen LogP contribution in [0.25, 0.3) is 0 Å². The summed E-state index contributed by atoms with van der Waals surface area (Å²) in [6.07, 6.45) is 2.41. The van der Waals surface area contributed by atoms with Crippen molar-refractivity contribution in [1.82, 2.24) is 15.5 Å². The van der Waals surface area contributed by atoms with Gasteiger partial charge in [0, 0.05) is 19.5 Å². The van der Waals surface area contributed by atoms with Gasteiger partial charge in [0.05, 0.1) is 13.5 Å². The molecular weight excluding hydrogens is 186 g/mol. The number of hydrogen-bond donors (Lipinski definition) is 1. The van der Waals surface area contributed by atoms with E-state index >= 15 is 0 Å². The quantitative estimate of drug-likeness (QED) is 0.503. The van der Waals surface area contributed by atoms with Crippen molar-refractivity contribution in [3.05, 3.63) is 12.2 Å². The summed E-state index contributed by atoms with van der Waals surface area (Å²) in [6.45, 7) is 1.31. The van der Waals surface area contributed by atoms with E-state index in [1.54, 1.807) is 0 Å². The third-order valence-electron chi connectivity index (χ3n) is 1.66. The lowest BCUT2D eigenvalue weighted by atomic mass is 10.4. The van der Waals surface area contributed by atoms with Crippen LogP contribution in [-0.2, 0) is 16.0 Å². The second-order valence-electron chi connectivity index (χ2n) is 2.66. The van der Waals surface area contributed by atoms with Gasteiger partial charge in [-0.3, -0.25) is 4.79 Å². The van der Waals surface area contributed by atoms with Crippen LogP contribution in [-0.4, -0.2) is 36.3 Å². The average molecular weight is 199 g/mol. The zero-order valence-corrected chi connectivity index (χ0v) is 8.02. The molecule has 14 heavy (non-hydrogen) atoms. The van der Waals surface area contributed by atoms with Crippen molar-refractivity contribution < 1.29 is 14.1 Å². The van der Waals surface area contributed by atoms with Gasteiger partial charge in [-0.2, -0.15) is 4.98 Å². The molecule has 1 N–H and O–H groups in total. The van der Waals surface area contributed by atoms with Crippen LogP contribution < -0.4 is 5.32 Å². The lowest BCUT2D eigenvalue weighted by Crippen LogP contribution is -2.21. The average Bonchev–Trinajstić information content (AvgIpc) is 2.69. The van der Waals surface area contributed by atoms with Gasteiger partial charge in [-0.15, -0.1) is 0 Å². The van der Waals surface area contributed by atoms with Crippen LogP contribution in [0.15, 0.2) is 10.9 Å². The van der Waals surface area contributed by atoms with Gasteiger partial charge in [0.25, 0.3) is 0 Å². The fraction of sp³-hybridized carbons (Fsp3) is 0.625. The summed E-state index contributed by atoms with van der Waals surface area (Å²) in [6, 6.07) is 0. The fourth-order valence-electron chi connectivity index (χ4n) is 0.919. The lowest BCUT2D eigenvalue weighted by Gasteiger charge is -2.00. The smallest absolute Gasteiger partial charge is 0.306 e. The Labute approximate surface area is 81.6 Å². The number of methoxy groups -OCH3 is 1. The summed E-state index contributed by atoms with van der Waals surface area (Å²) in [4.78, 5) is 14.6. The number of carbonyl (C=O) groups is 1. The normalized spacial score (nSPS) is 10.1. The number of aromatic nitrogens is 2. The molecule has 0 saturated heterocycles. The second kappa shape index (κ2) is 6.09.